The highest BCUT2D eigenvalue weighted by atomic mass is 16.5. The minimum Gasteiger partial charge on any atom is -0.396 e. The van der Waals surface area contributed by atoms with Crippen LogP contribution in [0, 0.1) is 6.92 Å². The molecule has 0 amide bonds. The summed E-state index contributed by atoms with van der Waals surface area (Å²) in [7, 11) is 1.67. The summed E-state index contributed by atoms with van der Waals surface area (Å²) in [5.74, 6) is 0. The van der Waals surface area contributed by atoms with E-state index in [2.05, 4.69) is 17.2 Å². The van der Waals surface area contributed by atoms with E-state index in [1.54, 1.807) is 13.3 Å². The normalized spacial score (nSPS) is 12.7. The molecule has 0 saturated heterocycles. The number of aliphatic hydroxyl groups is 1. The second-order valence-electron chi connectivity index (χ2n) is 3.85. The largest absolute Gasteiger partial charge is 0.396 e. The third-order valence-electron chi connectivity index (χ3n) is 2.57. The van der Waals surface area contributed by atoms with Crippen molar-refractivity contribution in [2.24, 2.45) is 0 Å². The second kappa shape index (κ2) is 7.33. The molecule has 1 rings (SSSR count). The van der Waals surface area contributed by atoms with Crippen LogP contribution in [0.4, 0.5) is 0 Å². The van der Waals surface area contributed by atoms with Crippen molar-refractivity contribution in [3.05, 3.63) is 29.6 Å². The lowest BCUT2D eigenvalue weighted by Gasteiger charge is -2.17. The molecule has 1 aromatic rings. The van der Waals surface area contributed by atoms with Crippen LogP contribution in [0.3, 0.4) is 0 Å². The van der Waals surface area contributed by atoms with E-state index in [-0.39, 0.29) is 12.6 Å². The molecule has 0 saturated carbocycles. The number of aryl methyl sites for hydroxylation is 1. The van der Waals surface area contributed by atoms with E-state index in [4.69, 9.17) is 9.84 Å². The average Bonchev–Trinajstić information content (AvgIpc) is 2.28. The van der Waals surface area contributed by atoms with Crippen LogP contribution in [0.5, 0.6) is 0 Å². The van der Waals surface area contributed by atoms with Crippen LogP contribution in [0.1, 0.15) is 17.5 Å². The molecule has 4 nitrogen and oxygen atoms in total. The summed E-state index contributed by atoms with van der Waals surface area (Å²) >= 11 is 0. The molecule has 1 unspecified atom stereocenters. The first-order valence-corrected chi connectivity index (χ1v) is 5.50. The molecule has 0 aliphatic heterocycles. The van der Waals surface area contributed by atoms with Crippen molar-refractivity contribution in [3.63, 3.8) is 0 Å². The maximum absolute atomic E-state index is 8.91. The summed E-state index contributed by atoms with van der Waals surface area (Å²) in [5, 5.41) is 12.3. The lowest BCUT2D eigenvalue weighted by Crippen LogP contribution is -2.33. The quantitative estimate of drug-likeness (QED) is 0.722. The first-order chi connectivity index (χ1) is 7.77. The number of aliphatic hydroxyl groups excluding tert-OH is 1. The summed E-state index contributed by atoms with van der Waals surface area (Å²) < 4.78 is 5.09. The molecule has 0 aliphatic rings. The Morgan fingerprint density at radius 3 is 3.00 bits per heavy atom. The van der Waals surface area contributed by atoms with Crippen LogP contribution in [-0.2, 0) is 11.3 Å². The molecule has 0 bridgehead atoms. The molecule has 16 heavy (non-hydrogen) atoms. The van der Waals surface area contributed by atoms with Crippen molar-refractivity contribution in [2.45, 2.75) is 25.9 Å². The van der Waals surface area contributed by atoms with Crippen molar-refractivity contribution in [2.75, 3.05) is 20.3 Å². The fraction of sp³-hybridized carbons (Fsp3) is 0.583. The third-order valence-corrected chi connectivity index (χ3v) is 2.57. The average molecular weight is 224 g/mol. The zero-order valence-electron chi connectivity index (χ0n) is 9.94. The maximum Gasteiger partial charge on any atom is 0.0616 e. The number of hydrogen-bond acceptors (Lipinski definition) is 4. The number of rotatable bonds is 7. The summed E-state index contributed by atoms with van der Waals surface area (Å²) in [4.78, 5) is 4.09. The lowest BCUT2D eigenvalue weighted by molar-refractivity contribution is 0.148. The lowest BCUT2D eigenvalue weighted by atomic mass is 10.1. The molecule has 4 heteroatoms. The van der Waals surface area contributed by atoms with E-state index in [0.29, 0.717) is 13.0 Å². The van der Waals surface area contributed by atoms with Gasteiger partial charge in [0, 0.05) is 38.7 Å². The van der Waals surface area contributed by atoms with Gasteiger partial charge < -0.3 is 15.2 Å². The molecule has 1 atom stereocenters. The van der Waals surface area contributed by atoms with Crippen LogP contribution in [0.15, 0.2) is 18.5 Å². The van der Waals surface area contributed by atoms with Gasteiger partial charge in [-0.3, -0.25) is 4.98 Å². The van der Waals surface area contributed by atoms with Gasteiger partial charge in [0.15, 0.2) is 0 Å². The van der Waals surface area contributed by atoms with E-state index in [0.717, 1.165) is 6.54 Å². The number of nitrogens with one attached hydrogen (secondary N) is 1. The Kier molecular flexibility index (Phi) is 6.00. The molecule has 90 valence electrons. The Hall–Kier alpha value is -0.970. The van der Waals surface area contributed by atoms with Crippen molar-refractivity contribution in [3.8, 4) is 0 Å². The van der Waals surface area contributed by atoms with Gasteiger partial charge in [0.05, 0.1) is 6.61 Å². The second-order valence-corrected chi connectivity index (χ2v) is 3.85. The minimum atomic E-state index is 0.174. The molecule has 1 heterocycles. The van der Waals surface area contributed by atoms with Gasteiger partial charge in [0.2, 0.25) is 0 Å². The molecule has 0 aromatic carbocycles. The molecular weight excluding hydrogens is 204 g/mol. The van der Waals surface area contributed by atoms with Gasteiger partial charge >= 0.3 is 0 Å². The predicted octanol–water partition coefficient (Wildman–Crippen LogP) is 0.877. The van der Waals surface area contributed by atoms with Gasteiger partial charge in [-0.05, 0) is 30.5 Å². The number of pyridine rings is 1. The van der Waals surface area contributed by atoms with Gasteiger partial charge in [-0.15, -0.1) is 0 Å². The Bertz CT molecular complexity index is 299. The van der Waals surface area contributed by atoms with Crippen molar-refractivity contribution in [1.82, 2.24) is 10.3 Å². The predicted molar refractivity (Wildman–Crippen MR) is 63.2 cm³/mol. The van der Waals surface area contributed by atoms with Crippen molar-refractivity contribution >= 4 is 0 Å². The third kappa shape index (κ3) is 4.26. The van der Waals surface area contributed by atoms with E-state index >= 15 is 0 Å². The van der Waals surface area contributed by atoms with E-state index in [1.165, 1.54) is 11.1 Å². The van der Waals surface area contributed by atoms with Gasteiger partial charge in [-0.1, -0.05) is 0 Å². The molecule has 2 N–H and O–H groups in total. The summed E-state index contributed by atoms with van der Waals surface area (Å²) in [6, 6.07) is 2.18. The topological polar surface area (TPSA) is 54.4 Å². The Labute approximate surface area is 96.7 Å². The summed E-state index contributed by atoms with van der Waals surface area (Å²) in [6.45, 7) is 3.61. The Morgan fingerprint density at radius 2 is 2.38 bits per heavy atom. The monoisotopic (exact) mass is 224 g/mol. The Balaban J connectivity index is 2.45. The first-order valence-electron chi connectivity index (χ1n) is 5.50. The molecular formula is C12H20N2O2. The van der Waals surface area contributed by atoms with Crippen LogP contribution in [0.25, 0.3) is 0 Å². The van der Waals surface area contributed by atoms with Crippen LogP contribution in [-0.4, -0.2) is 36.5 Å². The molecule has 0 aliphatic carbocycles. The summed E-state index contributed by atoms with van der Waals surface area (Å²) in [6.07, 6.45) is 4.36. The summed E-state index contributed by atoms with van der Waals surface area (Å²) in [5.41, 5.74) is 2.41. The molecule has 1 aromatic heterocycles. The maximum atomic E-state index is 8.91. The fourth-order valence-electron chi connectivity index (χ4n) is 1.54. The smallest absolute Gasteiger partial charge is 0.0616 e. The van der Waals surface area contributed by atoms with Crippen LogP contribution >= 0.6 is 0 Å². The number of aromatic nitrogens is 1. The van der Waals surface area contributed by atoms with Crippen molar-refractivity contribution < 1.29 is 9.84 Å². The highest BCUT2D eigenvalue weighted by molar-refractivity contribution is 5.21. The van der Waals surface area contributed by atoms with E-state index in [9.17, 15) is 0 Å². The zero-order valence-corrected chi connectivity index (χ0v) is 9.94. The highest BCUT2D eigenvalue weighted by Gasteiger charge is 2.07. The zero-order chi connectivity index (χ0) is 11.8. The van der Waals surface area contributed by atoms with Gasteiger partial charge in [-0.25, -0.2) is 0 Å². The van der Waals surface area contributed by atoms with Crippen molar-refractivity contribution in [1.29, 1.82) is 0 Å². The Morgan fingerprint density at radius 1 is 1.56 bits per heavy atom. The highest BCUT2D eigenvalue weighted by Crippen LogP contribution is 2.05. The molecule has 0 fully saturated rings. The van der Waals surface area contributed by atoms with Crippen LogP contribution in [0.2, 0.25) is 0 Å². The van der Waals surface area contributed by atoms with Crippen LogP contribution < -0.4 is 5.32 Å². The number of methoxy groups -OCH3 is 1. The van der Waals surface area contributed by atoms with Gasteiger partial charge in [0.1, 0.15) is 0 Å². The number of hydrogen-bond donors (Lipinski definition) is 2. The molecule has 0 radical (unpaired) electrons. The van der Waals surface area contributed by atoms with Gasteiger partial charge in [-0.2, -0.15) is 0 Å². The van der Waals surface area contributed by atoms with E-state index in [1.807, 2.05) is 12.3 Å². The van der Waals surface area contributed by atoms with E-state index < -0.39 is 0 Å². The minimum absolute atomic E-state index is 0.174. The standard InChI is InChI=1S/C12H20N2O2/c1-10-3-5-13-7-11(10)8-14-12(4-6-15)9-16-2/h3,5,7,12,14-15H,4,6,8-9H2,1-2H3. The van der Waals surface area contributed by atoms with Gasteiger partial charge in [0.25, 0.3) is 0 Å². The first kappa shape index (κ1) is 13.1. The molecule has 0 spiro atoms. The number of nitrogens with zero attached hydrogens (tertiary/aromatic N) is 1. The SMILES string of the molecule is COCC(CCO)NCc1cnccc1C. The number of ether oxygens (including phenoxy) is 1. The fourth-order valence-corrected chi connectivity index (χ4v) is 1.54.